The second kappa shape index (κ2) is 15.3. The molecular weight excluding hydrogens is 766 g/mol. The molecule has 0 bridgehead atoms. The number of ketones is 2. The van der Waals surface area contributed by atoms with Gasteiger partial charge >= 0.3 is 6.18 Å². The van der Waals surface area contributed by atoms with Crippen LogP contribution in [0.5, 0.6) is 0 Å². The SMILES string of the molecule is CC(=O)c1cc(-c2cnc(NCCN3CCCC3=O)nc2[C@@H](CC(=O)Cn2nc(C(F)(F)F)c3c2C(F)(F)CCC3(F)F)Cc2cc(F)cc(F)c2)ccc1F. The lowest BCUT2D eigenvalue weighted by molar-refractivity contribution is -0.149. The van der Waals surface area contributed by atoms with E-state index < -0.39 is 102 Å². The van der Waals surface area contributed by atoms with Crippen LogP contribution < -0.4 is 5.32 Å². The first-order valence-corrected chi connectivity index (χ1v) is 17.3. The van der Waals surface area contributed by atoms with Gasteiger partial charge in [0.2, 0.25) is 11.9 Å². The summed E-state index contributed by atoms with van der Waals surface area (Å²) in [4.78, 5) is 48.6. The topological polar surface area (TPSA) is 110 Å². The molecule has 0 radical (unpaired) electrons. The van der Waals surface area contributed by atoms with Crippen LogP contribution in [-0.4, -0.2) is 61.8 Å². The molecule has 2 aliphatic rings. The zero-order valence-corrected chi connectivity index (χ0v) is 29.4. The normalized spacial score (nSPS) is 16.8. The lowest BCUT2D eigenvalue weighted by atomic mass is 9.86. The molecular formula is C37H32F10N6O3. The third-order valence-corrected chi connectivity index (χ3v) is 9.59. The minimum Gasteiger partial charge on any atom is -0.352 e. The Hall–Kier alpha value is -5.36. The maximum absolute atomic E-state index is 15.1. The van der Waals surface area contributed by atoms with E-state index in [9.17, 15) is 49.5 Å². The number of Topliss-reactive ketones (excluding diaryl/α,β-unsaturated/α-hetero) is 2. The standard InChI is InChI=1S/C37H32F10N6O3/c1-19(54)26-15-21(4-5-28(26)40)27-17-49-34(48-8-10-52-9-2-3-29(52)56)50-31(27)22(11-20-12-23(38)16-24(39)13-20)14-25(55)18-53-33-30(32(51-53)37(45,46)47)35(41,42)6-7-36(33,43)44/h4-5,12-13,15-17,22H,2-3,6-11,14,18H2,1H3,(H,48,49,50)/t22-/m1/s1. The van der Waals surface area contributed by atoms with Gasteiger partial charge in [0.05, 0.1) is 16.8 Å². The van der Waals surface area contributed by atoms with E-state index in [-0.39, 0.29) is 57.6 Å². The van der Waals surface area contributed by atoms with E-state index in [1.807, 2.05) is 0 Å². The van der Waals surface area contributed by atoms with Crippen LogP contribution in [0.25, 0.3) is 11.1 Å². The van der Waals surface area contributed by atoms with Crippen molar-refractivity contribution in [2.45, 2.75) is 75.9 Å². The number of alkyl halides is 7. The number of carbonyl (C=O) groups is 3. The Kier molecular flexibility index (Phi) is 11.0. The molecule has 19 heteroatoms. The first kappa shape index (κ1) is 40.3. The third-order valence-electron chi connectivity index (χ3n) is 9.59. The minimum atomic E-state index is -5.59. The molecule has 3 heterocycles. The number of hydrogen-bond acceptors (Lipinski definition) is 7. The van der Waals surface area contributed by atoms with Crippen molar-refractivity contribution < 1.29 is 58.3 Å². The summed E-state index contributed by atoms with van der Waals surface area (Å²) in [6.07, 6.45) is -7.62. The zero-order chi connectivity index (χ0) is 40.7. The molecule has 56 heavy (non-hydrogen) atoms. The first-order valence-electron chi connectivity index (χ1n) is 17.3. The number of halogens is 10. The lowest BCUT2D eigenvalue weighted by Gasteiger charge is -2.30. The highest BCUT2D eigenvalue weighted by molar-refractivity contribution is 5.95. The summed E-state index contributed by atoms with van der Waals surface area (Å²) in [7, 11) is 0. The van der Waals surface area contributed by atoms with Gasteiger partial charge in [0.25, 0.3) is 11.8 Å². The number of nitrogens with zero attached hydrogens (tertiary/aromatic N) is 5. The van der Waals surface area contributed by atoms with Crippen molar-refractivity contribution in [1.82, 2.24) is 24.6 Å². The Morgan fingerprint density at radius 2 is 1.68 bits per heavy atom. The Bertz CT molecular complexity index is 2170. The Morgan fingerprint density at radius 1 is 0.982 bits per heavy atom. The molecule has 1 aliphatic heterocycles. The monoisotopic (exact) mass is 798 g/mol. The van der Waals surface area contributed by atoms with Crippen molar-refractivity contribution in [3.8, 4) is 11.1 Å². The Balaban J connectivity index is 1.43. The molecule has 0 unspecified atom stereocenters. The molecule has 9 nitrogen and oxygen atoms in total. The van der Waals surface area contributed by atoms with Gasteiger partial charge in [-0.15, -0.1) is 0 Å². The molecule has 298 valence electrons. The maximum atomic E-state index is 15.1. The third kappa shape index (κ3) is 8.55. The predicted octanol–water partition coefficient (Wildman–Crippen LogP) is 7.98. The fourth-order valence-electron chi connectivity index (χ4n) is 7.06. The molecule has 2 aromatic carbocycles. The number of anilines is 1. The number of fused-ring (bicyclic) bond motifs is 1. The van der Waals surface area contributed by atoms with Crippen LogP contribution >= 0.6 is 0 Å². The van der Waals surface area contributed by atoms with Crippen LogP contribution in [0, 0.1) is 17.5 Å². The first-order chi connectivity index (χ1) is 26.2. The average molecular weight is 799 g/mol. The Morgan fingerprint density at radius 3 is 2.32 bits per heavy atom. The second-order valence-electron chi connectivity index (χ2n) is 13.7. The summed E-state index contributed by atoms with van der Waals surface area (Å²) in [6, 6.07) is 5.84. The summed E-state index contributed by atoms with van der Waals surface area (Å²) in [5, 5.41) is 5.99. The summed E-state index contributed by atoms with van der Waals surface area (Å²) in [5.41, 5.74) is -6.28. The molecule has 1 aliphatic carbocycles. The summed E-state index contributed by atoms with van der Waals surface area (Å²) < 4.78 is 145. The van der Waals surface area contributed by atoms with Gasteiger partial charge < -0.3 is 10.2 Å². The number of aromatic nitrogens is 4. The van der Waals surface area contributed by atoms with Crippen molar-refractivity contribution in [2.24, 2.45) is 0 Å². The molecule has 1 fully saturated rings. The van der Waals surface area contributed by atoms with E-state index in [0.29, 0.717) is 25.5 Å². The molecule has 1 amide bonds. The van der Waals surface area contributed by atoms with Gasteiger partial charge in [-0.1, -0.05) is 6.07 Å². The van der Waals surface area contributed by atoms with E-state index in [1.165, 1.54) is 18.3 Å². The van der Waals surface area contributed by atoms with Gasteiger partial charge in [-0.05, 0) is 55.2 Å². The quantitative estimate of drug-likeness (QED) is 0.108. The summed E-state index contributed by atoms with van der Waals surface area (Å²) >= 11 is 0. The van der Waals surface area contributed by atoms with E-state index in [0.717, 1.165) is 25.1 Å². The fourth-order valence-corrected chi connectivity index (χ4v) is 7.06. The van der Waals surface area contributed by atoms with Crippen molar-refractivity contribution >= 4 is 23.4 Å². The number of rotatable bonds is 13. The predicted molar refractivity (Wildman–Crippen MR) is 178 cm³/mol. The minimum absolute atomic E-state index is 0.0440. The van der Waals surface area contributed by atoms with Gasteiger partial charge in [0.1, 0.15) is 29.7 Å². The average Bonchev–Trinajstić information content (AvgIpc) is 3.71. The number of likely N-dealkylation sites (tertiary alicyclic amines) is 1. The van der Waals surface area contributed by atoms with Gasteiger partial charge in [-0.2, -0.15) is 27.1 Å². The highest BCUT2D eigenvalue weighted by Gasteiger charge is 2.57. The van der Waals surface area contributed by atoms with E-state index in [2.05, 4.69) is 20.4 Å². The summed E-state index contributed by atoms with van der Waals surface area (Å²) in [6.45, 7) is 0.685. The maximum Gasteiger partial charge on any atom is 0.435 e. The van der Waals surface area contributed by atoms with Crippen molar-refractivity contribution in [1.29, 1.82) is 0 Å². The summed E-state index contributed by atoms with van der Waals surface area (Å²) in [5.74, 6) is -14.7. The lowest BCUT2D eigenvalue weighted by Crippen LogP contribution is -2.34. The highest BCUT2D eigenvalue weighted by atomic mass is 19.4. The van der Waals surface area contributed by atoms with Crippen molar-refractivity contribution in [3.63, 3.8) is 0 Å². The van der Waals surface area contributed by atoms with Crippen molar-refractivity contribution in [3.05, 3.63) is 93.8 Å². The second-order valence-corrected chi connectivity index (χ2v) is 13.7. The van der Waals surface area contributed by atoms with E-state index >= 15 is 8.78 Å². The number of hydrogen-bond donors (Lipinski definition) is 1. The van der Waals surface area contributed by atoms with Crippen LogP contribution in [-0.2, 0) is 40.6 Å². The van der Waals surface area contributed by atoms with Gasteiger partial charge in [0.15, 0.2) is 17.3 Å². The molecule has 6 rings (SSSR count). The molecule has 2 aromatic heterocycles. The van der Waals surface area contributed by atoms with Gasteiger partial charge in [0, 0.05) is 69.1 Å². The van der Waals surface area contributed by atoms with Crippen LogP contribution in [0.4, 0.5) is 49.9 Å². The molecule has 1 saturated heterocycles. The van der Waals surface area contributed by atoms with Crippen LogP contribution in [0.2, 0.25) is 0 Å². The molecule has 1 atom stereocenters. The zero-order valence-electron chi connectivity index (χ0n) is 29.4. The molecule has 1 N–H and O–H groups in total. The molecule has 4 aromatic rings. The smallest absolute Gasteiger partial charge is 0.352 e. The number of carbonyl (C=O) groups excluding carboxylic acids is 3. The number of amides is 1. The molecule has 0 spiro atoms. The van der Waals surface area contributed by atoms with Crippen LogP contribution in [0.1, 0.15) is 83.5 Å². The molecule has 0 saturated carbocycles. The van der Waals surface area contributed by atoms with Gasteiger partial charge in [-0.25, -0.2) is 31.9 Å². The highest BCUT2D eigenvalue weighted by Crippen LogP contribution is 2.53. The van der Waals surface area contributed by atoms with Crippen LogP contribution in [0.15, 0.2) is 42.6 Å². The Labute approximate surface area is 312 Å². The van der Waals surface area contributed by atoms with E-state index in [4.69, 9.17) is 0 Å². The van der Waals surface area contributed by atoms with E-state index in [1.54, 1.807) is 4.90 Å². The van der Waals surface area contributed by atoms with Gasteiger partial charge in [-0.3, -0.25) is 19.1 Å². The van der Waals surface area contributed by atoms with Crippen molar-refractivity contribution in [2.75, 3.05) is 25.0 Å². The fraction of sp³-hybridized carbons (Fsp3) is 0.405. The number of benzene rings is 2. The number of nitrogens with one attached hydrogen (secondary N) is 1. The largest absolute Gasteiger partial charge is 0.435 e. The van der Waals surface area contributed by atoms with Crippen LogP contribution in [0.3, 0.4) is 0 Å².